The molecule has 25 heteroatoms. The number of amides is 2. The van der Waals surface area contributed by atoms with Crippen LogP contribution in [-0.2, 0) is 78.7 Å². The third-order valence-electron chi connectivity index (χ3n) is 12.5. The van der Waals surface area contributed by atoms with Crippen molar-refractivity contribution in [3.05, 3.63) is 77.5 Å². The standard InChI is InChI=1S/C50H71N3O19S3/c1-49(2,3)41-35-38(71-44-34-37(13-15-40(41)44)51(20-8-32-73(57,58)59)22-23-67-26-27-69-30-31-70-29-28-68-25-24-66-5)10-6-11-45-50(4,19-7-12-48(56)72-53-46(54)17-18-47(53)55)42-36-39(75(63,64)65)14-16-43(42)52(45)21-9-33-74(60,61)62/h6,10-11,13-16,34-36,38H,7-9,12,17-33H2,1-5H3,(H,57,58,59)(H,60,61,62)(H,63,64,65)/b10-6+,45-11+. The van der Waals surface area contributed by atoms with Crippen LogP contribution < -0.4 is 14.5 Å². The molecule has 2 unspecified atom stereocenters. The summed E-state index contributed by atoms with van der Waals surface area (Å²) >= 11 is 0. The Morgan fingerprint density at radius 1 is 0.800 bits per heavy atom. The largest absolute Gasteiger partial charge is 0.482 e. The van der Waals surface area contributed by atoms with Crippen LogP contribution in [0, 0.1) is 5.41 Å². The zero-order valence-electron chi connectivity index (χ0n) is 43.1. The van der Waals surface area contributed by atoms with E-state index in [0.29, 0.717) is 92.8 Å². The minimum atomic E-state index is -4.70. The number of hydrogen-bond donors (Lipinski definition) is 3. The Morgan fingerprint density at radius 3 is 1.99 bits per heavy atom. The van der Waals surface area contributed by atoms with Gasteiger partial charge in [-0.15, -0.1) is 5.06 Å². The van der Waals surface area contributed by atoms with E-state index in [1.165, 1.54) is 18.2 Å². The molecule has 75 heavy (non-hydrogen) atoms. The number of anilines is 2. The second-order valence-corrected chi connectivity index (χ2v) is 23.8. The van der Waals surface area contributed by atoms with Crippen molar-refractivity contribution in [1.29, 1.82) is 0 Å². The van der Waals surface area contributed by atoms with Gasteiger partial charge in [0, 0.05) is 80.1 Å². The van der Waals surface area contributed by atoms with Crippen LogP contribution in [-0.4, -0.2) is 166 Å². The van der Waals surface area contributed by atoms with Gasteiger partial charge >= 0.3 is 5.97 Å². The Hall–Kier alpha value is -4.80. The van der Waals surface area contributed by atoms with E-state index in [1.807, 2.05) is 29.2 Å². The number of rotatable bonds is 32. The number of carbonyl (C=O) groups is 3. The molecule has 3 heterocycles. The second kappa shape index (κ2) is 27.5. The van der Waals surface area contributed by atoms with Gasteiger partial charge in [-0.3, -0.25) is 23.2 Å². The van der Waals surface area contributed by atoms with Crippen molar-refractivity contribution >= 4 is 65.1 Å². The van der Waals surface area contributed by atoms with Gasteiger partial charge in [-0.05, 0) is 97.7 Å². The lowest BCUT2D eigenvalue weighted by Gasteiger charge is -2.33. The van der Waals surface area contributed by atoms with Gasteiger partial charge in [-0.25, -0.2) is 4.79 Å². The summed E-state index contributed by atoms with van der Waals surface area (Å²) in [4.78, 5) is 45.6. The van der Waals surface area contributed by atoms with Crippen LogP contribution >= 0.6 is 0 Å². The molecule has 5 rings (SSSR count). The molecule has 2 aromatic rings. The average molecular weight is 1110 g/mol. The Morgan fingerprint density at radius 2 is 1.40 bits per heavy atom. The van der Waals surface area contributed by atoms with Crippen LogP contribution in [0.3, 0.4) is 0 Å². The fraction of sp³-hybridized carbons (Fsp3) is 0.580. The number of nitrogens with zero attached hydrogens (tertiary/aromatic N) is 3. The normalized spacial score (nSPS) is 18.7. The predicted molar refractivity (Wildman–Crippen MR) is 277 cm³/mol. The molecule has 0 aliphatic carbocycles. The van der Waals surface area contributed by atoms with Gasteiger partial charge < -0.3 is 43.1 Å². The number of allylic oxidation sites excluding steroid dienone is 4. The number of methoxy groups -OCH3 is 1. The first-order valence-electron chi connectivity index (χ1n) is 24.6. The number of benzene rings is 2. The molecular formula is C50H71N3O19S3. The molecule has 3 aliphatic rings. The molecule has 22 nitrogen and oxygen atoms in total. The van der Waals surface area contributed by atoms with Gasteiger partial charge in [-0.1, -0.05) is 26.8 Å². The molecule has 0 aromatic heterocycles. The summed E-state index contributed by atoms with van der Waals surface area (Å²) in [6.07, 6.45) is 6.57. The van der Waals surface area contributed by atoms with Crippen LogP contribution in [0.1, 0.15) is 83.8 Å². The molecule has 418 valence electrons. The Kier molecular flexibility index (Phi) is 22.4. The first-order valence-corrected chi connectivity index (χ1v) is 29.3. The van der Waals surface area contributed by atoms with Crippen molar-refractivity contribution in [2.24, 2.45) is 5.41 Å². The summed E-state index contributed by atoms with van der Waals surface area (Å²) in [6.45, 7) is 12.2. The van der Waals surface area contributed by atoms with Crippen molar-refractivity contribution in [2.45, 2.75) is 89.1 Å². The summed E-state index contributed by atoms with van der Waals surface area (Å²) in [5, 5.41) is 0.454. The topological polar surface area (TPSA) is 289 Å². The first-order chi connectivity index (χ1) is 35.3. The number of hydroxylamine groups is 2. The molecule has 3 N–H and O–H groups in total. The van der Waals surface area contributed by atoms with Crippen molar-refractivity contribution in [2.75, 3.05) is 108 Å². The van der Waals surface area contributed by atoms with Crippen molar-refractivity contribution in [3.63, 3.8) is 0 Å². The van der Waals surface area contributed by atoms with Crippen molar-refractivity contribution in [1.82, 2.24) is 5.06 Å². The molecule has 2 aromatic carbocycles. The number of hydrogen-bond acceptors (Lipinski definition) is 18. The highest BCUT2D eigenvalue weighted by atomic mass is 32.2. The van der Waals surface area contributed by atoms with E-state index in [9.17, 15) is 53.3 Å². The van der Waals surface area contributed by atoms with Gasteiger partial charge in [-0.2, -0.15) is 25.3 Å². The zero-order chi connectivity index (χ0) is 55.0. The number of ether oxygens (including phenoxy) is 6. The number of fused-ring (bicyclic) bond motifs is 2. The van der Waals surface area contributed by atoms with Crippen LogP contribution in [0.4, 0.5) is 11.4 Å². The quantitative estimate of drug-likeness (QED) is 0.0482. The molecule has 3 aliphatic heterocycles. The molecule has 0 radical (unpaired) electrons. The predicted octanol–water partition coefficient (Wildman–Crippen LogP) is 5.19. The minimum absolute atomic E-state index is 0.0424. The summed E-state index contributed by atoms with van der Waals surface area (Å²) < 4.78 is 135. The van der Waals surface area contributed by atoms with E-state index in [-0.39, 0.29) is 70.1 Å². The van der Waals surface area contributed by atoms with Crippen molar-refractivity contribution in [3.8, 4) is 5.75 Å². The highest BCUT2D eigenvalue weighted by Crippen LogP contribution is 2.52. The Bertz CT molecular complexity index is 2720. The number of imide groups is 1. The lowest BCUT2D eigenvalue weighted by molar-refractivity contribution is -0.197. The van der Waals surface area contributed by atoms with E-state index in [0.717, 1.165) is 11.1 Å². The minimum Gasteiger partial charge on any atom is -0.482 e. The molecule has 0 bridgehead atoms. The third-order valence-corrected chi connectivity index (χ3v) is 15.0. The molecule has 2 amide bonds. The molecule has 0 saturated carbocycles. The Balaban J connectivity index is 1.38. The summed E-state index contributed by atoms with van der Waals surface area (Å²) in [6, 6.07) is 9.73. The Labute approximate surface area is 440 Å². The van der Waals surface area contributed by atoms with Crippen LogP contribution in [0.25, 0.3) is 5.57 Å². The van der Waals surface area contributed by atoms with Crippen LogP contribution in [0.5, 0.6) is 5.75 Å². The third kappa shape index (κ3) is 18.7. The highest BCUT2D eigenvalue weighted by molar-refractivity contribution is 7.86. The van der Waals surface area contributed by atoms with Gasteiger partial charge in [0.2, 0.25) is 0 Å². The van der Waals surface area contributed by atoms with E-state index in [1.54, 1.807) is 37.2 Å². The lowest BCUT2D eigenvalue weighted by atomic mass is 9.77. The maximum Gasteiger partial charge on any atom is 0.333 e. The maximum atomic E-state index is 12.9. The number of carbonyl (C=O) groups excluding carboxylic acids is 3. The zero-order valence-corrected chi connectivity index (χ0v) is 45.6. The summed E-state index contributed by atoms with van der Waals surface area (Å²) in [7, 11) is -11.7. The molecule has 1 fully saturated rings. The molecular weight excluding hydrogens is 1040 g/mol. The van der Waals surface area contributed by atoms with Crippen molar-refractivity contribution < 1.29 is 86.6 Å². The lowest BCUT2D eigenvalue weighted by Crippen LogP contribution is -2.32. The monoisotopic (exact) mass is 1110 g/mol. The van der Waals surface area contributed by atoms with E-state index < -0.39 is 76.1 Å². The fourth-order valence-electron chi connectivity index (χ4n) is 8.85. The SMILES string of the molecule is COCCOCCOCCOCCOCCN(CCCS(=O)(=O)O)c1ccc2c(c1)OC(/C=C/C=C1/N(CCCS(=O)(=O)O)c3ccc(S(=O)(=O)O)cc3C1(C)CCCC(=O)ON1C(=O)CCC1=O)C=C2C(C)(C)C. The van der Waals surface area contributed by atoms with Gasteiger partial charge in [0.1, 0.15) is 11.9 Å². The smallest absolute Gasteiger partial charge is 0.333 e. The highest BCUT2D eigenvalue weighted by Gasteiger charge is 2.44. The maximum absolute atomic E-state index is 12.9. The first kappa shape index (κ1) is 61.1. The fourth-order valence-corrected chi connectivity index (χ4v) is 10.3. The van der Waals surface area contributed by atoms with Gasteiger partial charge in [0.05, 0.1) is 75.9 Å². The van der Waals surface area contributed by atoms with Gasteiger partial charge in [0.15, 0.2) is 0 Å². The summed E-state index contributed by atoms with van der Waals surface area (Å²) in [5.74, 6) is -2.61. The van der Waals surface area contributed by atoms with E-state index >= 15 is 0 Å². The van der Waals surface area contributed by atoms with Crippen LogP contribution in [0.15, 0.2) is 71.3 Å². The molecule has 1 saturated heterocycles. The van der Waals surface area contributed by atoms with Crippen LogP contribution in [0.2, 0.25) is 0 Å². The molecule has 0 spiro atoms. The van der Waals surface area contributed by atoms with Gasteiger partial charge in [0.25, 0.3) is 42.2 Å². The van der Waals surface area contributed by atoms with E-state index in [4.69, 9.17) is 33.3 Å². The second-order valence-electron chi connectivity index (χ2n) is 19.3. The molecule has 2 atom stereocenters. The average Bonchev–Trinajstić information content (AvgIpc) is 3.75. The summed E-state index contributed by atoms with van der Waals surface area (Å²) in [5.41, 5.74) is 2.49. The van der Waals surface area contributed by atoms with E-state index in [2.05, 4.69) is 20.8 Å².